The van der Waals surface area contributed by atoms with Gasteiger partial charge in [0.15, 0.2) is 18.9 Å². The van der Waals surface area contributed by atoms with E-state index in [2.05, 4.69) is 15.3 Å². The quantitative estimate of drug-likeness (QED) is 0.108. The average molecular weight is 1150 g/mol. The summed E-state index contributed by atoms with van der Waals surface area (Å²) in [7, 11) is 7.03. The summed E-state index contributed by atoms with van der Waals surface area (Å²) in [6, 6.07) is 9.89. The van der Waals surface area contributed by atoms with Gasteiger partial charge in [0.05, 0.1) is 66.6 Å². The van der Waals surface area contributed by atoms with Crippen molar-refractivity contribution in [3.8, 4) is 16.9 Å². The molecule has 2 aromatic heterocycles. The van der Waals surface area contributed by atoms with Crippen molar-refractivity contribution in [2.24, 2.45) is 17.8 Å². The van der Waals surface area contributed by atoms with Gasteiger partial charge in [-0.3, -0.25) is 9.78 Å². The van der Waals surface area contributed by atoms with Crippen LogP contribution in [-0.4, -0.2) is 234 Å². The number of methoxy groups -OCH3 is 1. The van der Waals surface area contributed by atoms with E-state index >= 15 is 0 Å². The lowest BCUT2D eigenvalue weighted by Gasteiger charge is -2.48. The van der Waals surface area contributed by atoms with E-state index in [1.165, 1.54) is 14.0 Å². The number of cyclic esters (lactones) is 1. The third-order valence-corrected chi connectivity index (χ3v) is 17.4. The van der Waals surface area contributed by atoms with Gasteiger partial charge < -0.3 is 88.2 Å². The lowest BCUT2D eigenvalue weighted by atomic mass is 9.77. The van der Waals surface area contributed by atoms with Gasteiger partial charge in [-0.15, -0.1) is 5.10 Å². The zero-order valence-corrected chi connectivity index (χ0v) is 49.6. The SMILES string of the molecule is CC[C@H]1OC(=O)[C@H](C)[C@@H](O[C@H]2C[C@@](C)(OC)[C@@H](O)[C@H](C)O2)[C@H](C)[C@@H](O[C@@H]2O[C@H](C)C[C@H](N(C)C)[C@H]2O)[C@](C)(O)C[C@@H](C)CN(C)[C@H](C)[C@@H](O[C@H]2O[C@H](CO)[C@@H](OCc3ccc(-n4cc(-c5ccncc5)nn4)cc3)[C@H](O)[C@H]2O)[C@]1(C)O. The van der Waals surface area contributed by atoms with Crippen LogP contribution in [0.4, 0.5) is 0 Å². The summed E-state index contributed by atoms with van der Waals surface area (Å²) in [5.74, 6) is -3.12. The summed E-state index contributed by atoms with van der Waals surface area (Å²) in [6.07, 6.45) is -11.9. The van der Waals surface area contributed by atoms with Crippen molar-refractivity contribution in [3.63, 3.8) is 0 Å². The third-order valence-electron chi connectivity index (χ3n) is 17.4. The van der Waals surface area contributed by atoms with Crippen LogP contribution in [0.1, 0.15) is 100 Å². The Hall–Kier alpha value is -3.70. The van der Waals surface area contributed by atoms with Gasteiger partial charge in [-0.25, -0.2) is 4.68 Å². The molecule has 0 radical (unpaired) electrons. The van der Waals surface area contributed by atoms with E-state index in [1.807, 2.05) is 81.2 Å². The van der Waals surface area contributed by atoms with Crippen LogP contribution in [0.15, 0.2) is 55.0 Å². The second kappa shape index (κ2) is 27.1. The van der Waals surface area contributed by atoms with Crippen LogP contribution in [0.2, 0.25) is 0 Å². The highest BCUT2D eigenvalue weighted by Gasteiger charge is 2.55. The molecule has 81 heavy (non-hydrogen) atoms. The molecule has 4 fully saturated rings. The zero-order chi connectivity index (χ0) is 59.5. The molecule has 0 spiro atoms. The Balaban J connectivity index is 1.15. The zero-order valence-electron chi connectivity index (χ0n) is 49.6. The normalized spacial score (nSPS) is 41.8. The first-order valence-electron chi connectivity index (χ1n) is 28.5. The molecule has 7 N–H and O–H groups in total. The van der Waals surface area contributed by atoms with E-state index in [-0.39, 0.29) is 43.9 Å². The number of aliphatic hydroxyl groups is 7. The number of carbonyl (C=O) groups is 1. The predicted molar refractivity (Wildman–Crippen MR) is 294 cm³/mol. The summed E-state index contributed by atoms with van der Waals surface area (Å²) < 4.78 is 59.1. The van der Waals surface area contributed by atoms with Crippen LogP contribution in [0, 0.1) is 17.8 Å². The minimum Gasteiger partial charge on any atom is -0.459 e. The Morgan fingerprint density at radius 3 is 2.11 bits per heavy atom. The molecule has 4 saturated heterocycles. The first-order valence-corrected chi connectivity index (χ1v) is 28.5. The highest BCUT2D eigenvalue weighted by molar-refractivity contribution is 5.73. The number of pyridine rings is 1. The molecule has 0 saturated carbocycles. The second-order valence-electron chi connectivity index (χ2n) is 24.2. The Bertz CT molecular complexity index is 2440. The highest BCUT2D eigenvalue weighted by Crippen LogP contribution is 2.41. The molecule has 0 unspecified atom stereocenters. The van der Waals surface area contributed by atoms with Crippen molar-refractivity contribution in [2.75, 3.05) is 41.4 Å². The first-order chi connectivity index (χ1) is 38.1. The minimum absolute atomic E-state index is 0.0294. The van der Waals surface area contributed by atoms with Crippen LogP contribution >= 0.6 is 0 Å². The molecule has 1 aromatic carbocycles. The molecule has 0 amide bonds. The summed E-state index contributed by atoms with van der Waals surface area (Å²) in [4.78, 5) is 22.9. The monoisotopic (exact) mass is 1140 g/mol. The van der Waals surface area contributed by atoms with Crippen molar-refractivity contribution in [1.82, 2.24) is 29.8 Å². The topological polar surface area (TPSA) is 292 Å². The lowest BCUT2D eigenvalue weighted by molar-refractivity contribution is -0.337. The van der Waals surface area contributed by atoms with Crippen LogP contribution in [0.25, 0.3) is 16.9 Å². The number of ether oxygens (including phenoxy) is 9. The summed E-state index contributed by atoms with van der Waals surface area (Å²) in [5, 5.41) is 91.7. The number of nitrogens with zero attached hydrogens (tertiary/aromatic N) is 6. The number of hydrogen-bond donors (Lipinski definition) is 7. The molecule has 23 nitrogen and oxygen atoms in total. The van der Waals surface area contributed by atoms with Gasteiger partial charge in [-0.05, 0) is 125 Å². The van der Waals surface area contributed by atoms with E-state index in [0.717, 1.165) is 11.3 Å². The van der Waals surface area contributed by atoms with Crippen molar-refractivity contribution in [2.45, 2.75) is 223 Å². The van der Waals surface area contributed by atoms with E-state index in [1.54, 1.807) is 71.7 Å². The Morgan fingerprint density at radius 1 is 0.827 bits per heavy atom. The van der Waals surface area contributed by atoms with Crippen molar-refractivity contribution in [1.29, 1.82) is 0 Å². The predicted octanol–water partition coefficient (Wildman–Crippen LogP) is 2.59. The van der Waals surface area contributed by atoms with E-state index in [4.69, 9.17) is 42.6 Å². The Morgan fingerprint density at radius 2 is 1.48 bits per heavy atom. The maximum atomic E-state index is 15.0. The van der Waals surface area contributed by atoms with Gasteiger partial charge in [0.25, 0.3) is 0 Å². The number of esters is 1. The summed E-state index contributed by atoms with van der Waals surface area (Å²) >= 11 is 0. The summed E-state index contributed by atoms with van der Waals surface area (Å²) in [6.45, 7) is 17.0. The maximum absolute atomic E-state index is 15.0. The van der Waals surface area contributed by atoms with Crippen molar-refractivity contribution >= 4 is 5.97 Å². The van der Waals surface area contributed by atoms with Crippen LogP contribution in [0.5, 0.6) is 0 Å². The molecule has 6 heterocycles. The van der Waals surface area contributed by atoms with Crippen LogP contribution < -0.4 is 0 Å². The van der Waals surface area contributed by atoms with Gasteiger partial charge in [0.2, 0.25) is 0 Å². The molecule has 4 aliphatic rings. The molecule has 456 valence electrons. The van der Waals surface area contributed by atoms with E-state index in [0.29, 0.717) is 24.2 Å². The molecule has 0 bridgehead atoms. The number of likely N-dealkylation sites (N-methyl/N-ethyl adjacent to an activating group) is 2. The fourth-order valence-electron chi connectivity index (χ4n) is 12.5. The Kier molecular flexibility index (Phi) is 21.7. The van der Waals surface area contributed by atoms with Gasteiger partial charge >= 0.3 is 5.97 Å². The molecule has 23 atom stereocenters. The molecule has 0 aliphatic carbocycles. The minimum atomic E-state index is -2.04. The molecule has 23 heteroatoms. The van der Waals surface area contributed by atoms with Gasteiger partial charge in [-0.2, -0.15) is 0 Å². The van der Waals surface area contributed by atoms with Gasteiger partial charge in [0, 0.05) is 56.0 Å². The van der Waals surface area contributed by atoms with E-state index < -0.39 is 133 Å². The fourth-order valence-corrected chi connectivity index (χ4v) is 12.5. The number of hydrogen-bond acceptors (Lipinski definition) is 22. The van der Waals surface area contributed by atoms with Gasteiger partial charge in [-0.1, -0.05) is 38.1 Å². The van der Waals surface area contributed by atoms with Crippen LogP contribution in [0.3, 0.4) is 0 Å². The molecular formula is C58H92N6O17. The first kappa shape index (κ1) is 64.9. The molecular weight excluding hydrogens is 1050 g/mol. The third kappa shape index (κ3) is 14.7. The van der Waals surface area contributed by atoms with Crippen LogP contribution in [-0.2, 0) is 54.0 Å². The fraction of sp³-hybridized carbons (Fsp3) is 0.759. The number of benzene rings is 1. The average Bonchev–Trinajstić information content (AvgIpc) is 4.09. The molecule has 4 aliphatic heterocycles. The van der Waals surface area contributed by atoms with Crippen molar-refractivity contribution < 1.29 is 83.2 Å². The summed E-state index contributed by atoms with van der Waals surface area (Å²) in [5.41, 5.74) is -1.85. The number of carbonyl (C=O) groups excluding carboxylic acids is 1. The lowest BCUT2D eigenvalue weighted by Crippen LogP contribution is -2.65. The Labute approximate surface area is 476 Å². The number of aromatic nitrogens is 4. The smallest absolute Gasteiger partial charge is 0.311 e. The molecule has 7 rings (SSSR count). The largest absolute Gasteiger partial charge is 0.459 e. The van der Waals surface area contributed by atoms with Gasteiger partial charge in [0.1, 0.15) is 60.1 Å². The molecule has 3 aromatic rings. The standard InChI is InChI=1S/C58H92N6O17/c1-15-43-58(10,72)52(81-55-47(68)46(67)49(42(29-65)77-55)74-30-37-16-18-39(19-17-37)64-28-40(60-61-64)38-20-22-59-23-21-38)35(6)63(13)27-31(2)25-56(8,71)51(80-54-45(66)41(62(11)12)24-32(3)75-54)33(4)48(34(5)53(70)78-43)79-44-26-57(9,73-14)50(69)36(7)76-44/h16-23,28,31-36,41-52,54-55,65-69,71-72H,15,24-27,29-30H2,1-14H3/t31-,32-,33+,34-,35-,36+,41+,42-,43-,44+,45-,46-,47-,48+,49-,50+,51-,52-,54+,55-,56-,57-,58-/m1/s1. The number of rotatable bonds is 15. The second-order valence-corrected chi connectivity index (χ2v) is 24.2. The van der Waals surface area contributed by atoms with E-state index in [9.17, 15) is 40.5 Å². The number of aliphatic hydroxyl groups excluding tert-OH is 5. The maximum Gasteiger partial charge on any atom is 0.311 e. The highest BCUT2D eigenvalue weighted by atomic mass is 16.7. The van der Waals surface area contributed by atoms with Crippen molar-refractivity contribution in [3.05, 3.63) is 60.6 Å².